The maximum Gasteiger partial charge on any atom is 0.251 e. The summed E-state index contributed by atoms with van der Waals surface area (Å²) < 4.78 is 28.1. The van der Waals surface area contributed by atoms with E-state index in [2.05, 4.69) is 20.6 Å². The van der Waals surface area contributed by atoms with Crippen molar-refractivity contribution in [1.29, 1.82) is 0 Å². The van der Waals surface area contributed by atoms with E-state index in [-0.39, 0.29) is 22.9 Å². The number of nitrogens with zero attached hydrogens (tertiary/aromatic N) is 2. The van der Waals surface area contributed by atoms with E-state index in [4.69, 9.17) is 0 Å². The van der Waals surface area contributed by atoms with E-state index in [1.807, 2.05) is 48.7 Å². The number of anilines is 1. The summed E-state index contributed by atoms with van der Waals surface area (Å²) in [6.07, 6.45) is 5.28. The van der Waals surface area contributed by atoms with Crippen LogP contribution in [0.25, 0.3) is 10.9 Å². The van der Waals surface area contributed by atoms with Gasteiger partial charge in [0.05, 0.1) is 17.1 Å². The lowest BCUT2D eigenvalue weighted by molar-refractivity contribution is 0.0950. The maximum atomic E-state index is 13.3. The first-order chi connectivity index (χ1) is 17.0. The molecule has 0 atom stereocenters. The van der Waals surface area contributed by atoms with E-state index in [0.717, 1.165) is 35.0 Å². The number of H-pyrrole nitrogens is 1. The van der Waals surface area contributed by atoms with Gasteiger partial charge < -0.3 is 15.6 Å². The van der Waals surface area contributed by atoms with Crippen LogP contribution < -0.4 is 10.6 Å². The zero-order chi connectivity index (χ0) is 24.3. The highest BCUT2D eigenvalue weighted by molar-refractivity contribution is 7.89. The molecule has 4 aromatic rings. The Kier molecular flexibility index (Phi) is 6.52. The molecule has 0 unspecified atom stereocenters. The average Bonchev–Trinajstić information content (AvgIpc) is 3.57. The van der Waals surface area contributed by atoms with Crippen molar-refractivity contribution in [3.8, 4) is 0 Å². The van der Waals surface area contributed by atoms with Gasteiger partial charge in [0.2, 0.25) is 10.0 Å². The van der Waals surface area contributed by atoms with Crippen molar-refractivity contribution >= 4 is 32.5 Å². The highest BCUT2D eigenvalue weighted by Crippen LogP contribution is 2.26. The van der Waals surface area contributed by atoms with Crippen LogP contribution in [0.15, 0.2) is 78.0 Å². The molecule has 0 bridgehead atoms. The van der Waals surface area contributed by atoms with E-state index in [9.17, 15) is 13.2 Å². The second-order valence-electron chi connectivity index (χ2n) is 8.57. The summed E-state index contributed by atoms with van der Waals surface area (Å²) in [5, 5.41) is 7.25. The Bertz CT molecular complexity index is 1440. The number of hydrogen-bond donors (Lipinski definition) is 3. The predicted molar refractivity (Wildman–Crippen MR) is 135 cm³/mol. The summed E-state index contributed by atoms with van der Waals surface area (Å²) in [6, 6.07) is 18.2. The van der Waals surface area contributed by atoms with Crippen LogP contribution in [-0.2, 0) is 23.1 Å². The fourth-order valence-electron chi connectivity index (χ4n) is 4.31. The van der Waals surface area contributed by atoms with Gasteiger partial charge in [-0.1, -0.05) is 24.3 Å². The van der Waals surface area contributed by atoms with E-state index >= 15 is 0 Å². The summed E-state index contributed by atoms with van der Waals surface area (Å²) in [4.78, 5) is 20.6. The maximum absolute atomic E-state index is 13.3. The fourth-order valence-corrected chi connectivity index (χ4v) is 5.90. The first-order valence-electron chi connectivity index (χ1n) is 11.6. The number of nitrogens with one attached hydrogen (secondary N) is 3. The van der Waals surface area contributed by atoms with Gasteiger partial charge in [0.1, 0.15) is 0 Å². The normalized spacial score (nSPS) is 14.3. The molecule has 1 amide bonds. The van der Waals surface area contributed by atoms with Crippen LogP contribution >= 0.6 is 0 Å². The second-order valence-corrected chi connectivity index (χ2v) is 10.5. The van der Waals surface area contributed by atoms with E-state index < -0.39 is 10.0 Å². The Morgan fingerprint density at radius 2 is 1.80 bits per heavy atom. The molecule has 0 spiro atoms. The SMILES string of the molecule is O=C(NCc1ccccn1)c1cc(NCc2c[nH]c3ccccc23)cc(S(=O)(=O)N2CCCC2)c1. The van der Waals surface area contributed by atoms with Gasteiger partial charge >= 0.3 is 0 Å². The number of fused-ring (bicyclic) bond motifs is 1. The van der Waals surface area contributed by atoms with Crippen molar-refractivity contribution in [1.82, 2.24) is 19.6 Å². The third-order valence-electron chi connectivity index (χ3n) is 6.19. The Balaban J connectivity index is 1.42. The number of amides is 1. The summed E-state index contributed by atoms with van der Waals surface area (Å²) in [5.74, 6) is -0.357. The van der Waals surface area contributed by atoms with Gasteiger partial charge in [-0.3, -0.25) is 9.78 Å². The molecule has 1 aliphatic heterocycles. The van der Waals surface area contributed by atoms with Crippen molar-refractivity contribution in [3.05, 3.63) is 89.9 Å². The van der Waals surface area contributed by atoms with Crippen molar-refractivity contribution in [2.24, 2.45) is 0 Å². The number of para-hydroxylation sites is 1. The molecule has 2 aromatic carbocycles. The van der Waals surface area contributed by atoms with Crippen molar-refractivity contribution in [3.63, 3.8) is 0 Å². The first kappa shape index (κ1) is 23.1. The Labute approximate surface area is 204 Å². The molecule has 0 radical (unpaired) electrons. The number of carbonyl (C=O) groups is 1. The summed E-state index contributed by atoms with van der Waals surface area (Å²) >= 11 is 0. The number of benzene rings is 2. The molecule has 0 saturated carbocycles. The Morgan fingerprint density at radius 1 is 1.00 bits per heavy atom. The zero-order valence-electron chi connectivity index (χ0n) is 19.2. The largest absolute Gasteiger partial charge is 0.381 e. The minimum Gasteiger partial charge on any atom is -0.381 e. The van der Waals surface area contributed by atoms with Gasteiger partial charge in [-0.05, 0) is 54.8 Å². The monoisotopic (exact) mass is 489 g/mol. The number of aromatic nitrogens is 2. The van der Waals surface area contributed by atoms with Crippen molar-refractivity contribution in [2.45, 2.75) is 30.8 Å². The Hall–Kier alpha value is -3.69. The minimum atomic E-state index is -3.70. The molecule has 2 aromatic heterocycles. The highest BCUT2D eigenvalue weighted by Gasteiger charge is 2.28. The molecule has 1 saturated heterocycles. The molecule has 5 rings (SSSR count). The fraction of sp³-hybridized carbons (Fsp3) is 0.231. The summed E-state index contributed by atoms with van der Waals surface area (Å²) in [7, 11) is -3.70. The van der Waals surface area contributed by atoms with E-state index in [0.29, 0.717) is 25.3 Å². The predicted octanol–water partition coefficient (Wildman–Crippen LogP) is 3.89. The van der Waals surface area contributed by atoms with Crippen LogP contribution in [0, 0.1) is 0 Å². The first-order valence-corrected chi connectivity index (χ1v) is 13.1. The second kappa shape index (κ2) is 9.89. The lowest BCUT2D eigenvalue weighted by Gasteiger charge is -2.18. The topological polar surface area (TPSA) is 107 Å². The third kappa shape index (κ3) is 5.06. The molecule has 3 N–H and O–H groups in total. The summed E-state index contributed by atoms with van der Waals surface area (Å²) in [6.45, 7) is 1.72. The van der Waals surface area contributed by atoms with Crippen molar-refractivity contribution < 1.29 is 13.2 Å². The lowest BCUT2D eigenvalue weighted by atomic mass is 10.1. The van der Waals surface area contributed by atoms with Crippen LogP contribution in [-0.4, -0.2) is 41.7 Å². The van der Waals surface area contributed by atoms with Crippen LogP contribution in [0.4, 0.5) is 5.69 Å². The number of carbonyl (C=O) groups excluding carboxylic acids is 1. The average molecular weight is 490 g/mol. The van der Waals surface area contributed by atoms with Gasteiger partial charge in [-0.2, -0.15) is 4.31 Å². The molecule has 35 heavy (non-hydrogen) atoms. The van der Waals surface area contributed by atoms with Crippen LogP contribution in [0.5, 0.6) is 0 Å². The molecule has 1 fully saturated rings. The lowest BCUT2D eigenvalue weighted by Crippen LogP contribution is -2.29. The molecule has 180 valence electrons. The van der Waals surface area contributed by atoms with Crippen LogP contribution in [0.1, 0.15) is 34.5 Å². The van der Waals surface area contributed by atoms with Gasteiger partial charge in [-0.15, -0.1) is 0 Å². The zero-order valence-corrected chi connectivity index (χ0v) is 20.0. The molecule has 8 nitrogen and oxygen atoms in total. The highest BCUT2D eigenvalue weighted by atomic mass is 32.2. The van der Waals surface area contributed by atoms with Gasteiger partial charge in [0.25, 0.3) is 5.91 Å². The minimum absolute atomic E-state index is 0.117. The quantitative estimate of drug-likeness (QED) is 0.348. The number of pyridine rings is 1. The number of rotatable bonds is 8. The van der Waals surface area contributed by atoms with Gasteiger partial charge in [-0.25, -0.2) is 8.42 Å². The smallest absolute Gasteiger partial charge is 0.251 e. The van der Waals surface area contributed by atoms with Gasteiger partial charge in [0.15, 0.2) is 0 Å². The number of sulfonamides is 1. The third-order valence-corrected chi connectivity index (χ3v) is 8.06. The molecular weight excluding hydrogens is 462 g/mol. The summed E-state index contributed by atoms with van der Waals surface area (Å²) in [5.41, 5.74) is 3.65. The molecule has 3 heterocycles. The molecular formula is C26H27N5O3S. The molecule has 9 heteroatoms. The Morgan fingerprint density at radius 3 is 2.60 bits per heavy atom. The molecule has 0 aliphatic carbocycles. The van der Waals surface area contributed by atoms with Gasteiger partial charge in [0, 0.05) is 54.2 Å². The van der Waals surface area contributed by atoms with Crippen LogP contribution in [0.2, 0.25) is 0 Å². The van der Waals surface area contributed by atoms with Crippen LogP contribution in [0.3, 0.4) is 0 Å². The standard InChI is InChI=1S/C26H27N5O3S/c32-26(30-18-21-7-3-4-10-27-21)19-13-22(15-23(14-19)35(33,34)31-11-5-6-12-31)28-16-20-17-29-25-9-2-1-8-24(20)25/h1-4,7-10,13-15,17,28-29H,5-6,11-12,16,18H2,(H,30,32). The number of hydrogen-bond acceptors (Lipinski definition) is 5. The van der Waals surface area contributed by atoms with E-state index in [1.54, 1.807) is 18.3 Å². The number of aromatic amines is 1. The van der Waals surface area contributed by atoms with Crippen molar-refractivity contribution in [2.75, 3.05) is 18.4 Å². The van der Waals surface area contributed by atoms with E-state index in [1.165, 1.54) is 10.4 Å². The molecule has 1 aliphatic rings.